The molecule has 1 unspecified atom stereocenters. The fourth-order valence-corrected chi connectivity index (χ4v) is 4.15. The molecule has 2 aromatic carbocycles. The normalized spacial score (nSPS) is 19.4. The van der Waals surface area contributed by atoms with E-state index in [1.54, 1.807) is 6.07 Å². The Bertz CT molecular complexity index is 941. The topological polar surface area (TPSA) is 50.8 Å². The number of carbonyl (C=O) groups excluding carboxylic acids is 1. The Labute approximate surface area is 183 Å². The van der Waals surface area contributed by atoms with Gasteiger partial charge in [0.05, 0.1) is 12.1 Å². The van der Waals surface area contributed by atoms with Crippen molar-refractivity contribution >= 4 is 6.09 Å². The number of alkyl halides is 3. The van der Waals surface area contributed by atoms with Crippen LogP contribution >= 0.6 is 0 Å². The minimum atomic E-state index is -4.45. The maximum absolute atomic E-state index is 13.2. The summed E-state index contributed by atoms with van der Waals surface area (Å²) in [4.78, 5) is 13.6. The van der Waals surface area contributed by atoms with Crippen molar-refractivity contribution in [3.05, 3.63) is 65.5 Å². The molecule has 2 aliphatic rings. The predicted octanol–water partition coefficient (Wildman–Crippen LogP) is 4.93. The zero-order valence-corrected chi connectivity index (χ0v) is 17.3. The average Bonchev–Trinajstić information content (AvgIpc) is 3.13. The summed E-state index contributed by atoms with van der Waals surface area (Å²) in [5.74, 6) is -0.0346. The Hall–Kier alpha value is -2.81. The number of hydrogen-bond donors (Lipinski definition) is 1. The molecule has 9 heteroatoms. The Kier molecular flexibility index (Phi) is 6.28. The lowest BCUT2D eigenvalue weighted by Crippen LogP contribution is -2.47. The van der Waals surface area contributed by atoms with E-state index in [2.05, 4.69) is 10.2 Å². The molecule has 2 heterocycles. The first-order chi connectivity index (χ1) is 15.2. The molecule has 1 amide bonds. The second kappa shape index (κ2) is 8.97. The largest absolute Gasteiger partial charge is 0.486 e. The maximum atomic E-state index is 13.2. The smallest absolute Gasteiger partial charge is 0.416 e. The minimum Gasteiger partial charge on any atom is -0.486 e. The van der Waals surface area contributed by atoms with Crippen molar-refractivity contribution < 1.29 is 31.8 Å². The molecule has 2 saturated heterocycles. The van der Waals surface area contributed by atoms with Crippen LogP contribution < -0.4 is 10.1 Å². The van der Waals surface area contributed by atoms with E-state index >= 15 is 0 Å². The molecule has 0 saturated carbocycles. The van der Waals surface area contributed by atoms with Gasteiger partial charge in [-0.1, -0.05) is 12.1 Å². The standard InChI is InChI=1S/C23H24F4N2O3/c24-18-4-6-19(7-5-18)31-20(16-2-1-3-17(14-16)23(25,26)27)8-11-29-12-9-22(10-13-29)15-28-21(30)32-22/h1-7,14,20H,8-13,15H2,(H,28,30). The third kappa shape index (κ3) is 5.32. The highest BCUT2D eigenvalue weighted by Crippen LogP contribution is 2.34. The summed E-state index contributed by atoms with van der Waals surface area (Å²) >= 11 is 0. The molecule has 4 rings (SSSR count). The summed E-state index contributed by atoms with van der Waals surface area (Å²) in [7, 11) is 0. The molecule has 0 radical (unpaired) electrons. The molecule has 2 aromatic rings. The van der Waals surface area contributed by atoms with Gasteiger partial charge in [0, 0.05) is 38.9 Å². The third-order valence-corrected chi connectivity index (χ3v) is 6.02. The van der Waals surface area contributed by atoms with E-state index in [1.807, 2.05) is 0 Å². The van der Waals surface area contributed by atoms with E-state index in [4.69, 9.17) is 9.47 Å². The first-order valence-corrected chi connectivity index (χ1v) is 10.5. The number of piperidine rings is 1. The number of likely N-dealkylation sites (tertiary alicyclic amines) is 1. The van der Waals surface area contributed by atoms with Crippen LogP contribution in [0, 0.1) is 5.82 Å². The molecule has 2 aliphatic heterocycles. The van der Waals surface area contributed by atoms with Gasteiger partial charge in [0.25, 0.3) is 0 Å². The van der Waals surface area contributed by atoms with E-state index in [9.17, 15) is 22.4 Å². The van der Waals surface area contributed by atoms with Crippen LogP contribution in [0.1, 0.15) is 36.5 Å². The summed E-state index contributed by atoms with van der Waals surface area (Å²) in [6, 6.07) is 10.5. The van der Waals surface area contributed by atoms with Crippen molar-refractivity contribution in [1.82, 2.24) is 10.2 Å². The molecule has 0 bridgehead atoms. The van der Waals surface area contributed by atoms with Gasteiger partial charge in [-0.05, 0) is 42.0 Å². The van der Waals surface area contributed by atoms with Crippen LogP contribution in [0.4, 0.5) is 22.4 Å². The van der Waals surface area contributed by atoms with Gasteiger partial charge in [-0.2, -0.15) is 13.2 Å². The number of hydrogen-bond acceptors (Lipinski definition) is 4. The number of ether oxygens (including phenoxy) is 2. The molecule has 5 nitrogen and oxygen atoms in total. The molecule has 0 aliphatic carbocycles. The second-order valence-corrected chi connectivity index (χ2v) is 8.24. The summed E-state index contributed by atoms with van der Waals surface area (Å²) in [5.41, 5.74) is -0.789. The quantitative estimate of drug-likeness (QED) is 0.632. The van der Waals surface area contributed by atoms with E-state index in [-0.39, 0.29) is 0 Å². The summed E-state index contributed by atoms with van der Waals surface area (Å²) in [6.07, 6.45) is -3.65. The molecule has 172 valence electrons. The fourth-order valence-electron chi connectivity index (χ4n) is 4.15. The predicted molar refractivity (Wildman–Crippen MR) is 109 cm³/mol. The number of nitrogens with zero attached hydrogens (tertiary/aromatic N) is 1. The van der Waals surface area contributed by atoms with Crippen molar-refractivity contribution in [2.24, 2.45) is 0 Å². The molecular formula is C23H24F4N2O3. The zero-order chi connectivity index (χ0) is 22.8. The van der Waals surface area contributed by atoms with Gasteiger partial charge in [-0.25, -0.2) is 9.18 Å². The zero-order valence-electron chi connectivity index (χ0n) is 17.3. The first-order valence-electron chi connectivity index (χ1n) is 10.5. The van der Waals surface area contributed by atoms with Gasteiger partial charge in [0.15, 0.2) is 0 Å². The van der Waals surface area contributed by atoms with Gasteiger partial charge in [0.1, 0.15) is 23.3 Å². The number of nitrogens with one attached hydrogen (secondary N) is 1. The molecule has 1 atom stereocenters. The number of amides is 1. The molecule has 32 heavy (non-hydrogen) atoms. The number of carbonyl (C=O) groups is 1. The van der Waals surface area contributed by atoms with Crippen LogP contribution in [0.3, 0.4) is 0 Å². The average molecular weight is 452 g/mol. The minimum absolute atomic E-state index is 0.385. The Balaban J connectivity index is 1.45. The van der Waals surface area contributed by atoms with Crippen molar-refractivity contribution in [1.29, 1.82) is 0 Å². The highest BCUT2D eigenvalue weighted by atomic mass is 19.4. The van der Waals surface area contributed by atoms with Crippen molar-refractivity contribution in [2.75, 3.05) is 26.2 Å². The Morgan fingerprint density at radius 1 is 1.12 bits per heavy atom. The van der Waals surface area contributed by atoms with Crippen molar-refractivity contribution in [3.8, 4) is 5.75 Å². The van der Waals surface area contributed by atoms with Crippen molar-refractivity contribution in [3.63, 3.8) is 0 Å². The van der Waals surface area contributed by atoms with Gasteiger partial charge >= 0.3 is 12.3 Å². The van der Waals surface area contributed by atoms with Crippen LogP contribution in [0.5, 0.6) is 5.75 Å². The fraction of sp³-hybridized carbons (Fsp3) is 0.435. The van der Waals surface area contributed by atoms with E-state index in [0.29, 0.717) is 56.8 Å². The first kappa shape index (κ1) is 22.4. The number of halogens is 4. The maximum Gasteiger partial charge on any atom is 0.416 e. The van der Waals surface area contributed by atoms with Gasteiger partial charge < -0.3 is 19.7 Å². The number of benzene rings is 2. The Morgan fingerprint density at radius 2 is 1.84 bits per heavy atom. The lowest BCUT2D eigenvalue weighted by atomic mass is 9.91. The SMILES string of the molecule is O=C1NCC2(CCN(CCC(Oc3ccc(F)cc3)c3cccc(C(F)(F)F)c3)CC2)O1. The monoisotopic (exact) mass is 452 g/mol. The molecule has 0 aromatic heterocycles. The highest BCUT2D eigenvalue weighted by molar-refractivity contribution is 5.70. The third-order valence-electron chi connectivity index (χ3n) is 6.02. The van der Waals surface area contributed by atoms with E-state index < -0.39 is 35.4 Å². The lowest BCUT2D eigenvalue weighted by Gasteiger charge is -2.37. The summed E-state index contributed by atoms with van der Waals surface area (Å²) in [6.45, 7) is 2.52. The van der Waals surface area contributed by atoms with Crippen LogP contribution in [0.15, 0.2) is 48.5 Å². The van der Waals surface area contributed by atoms with Crippen LogP contribution in [-0.2, 0) is 10.9 Å². The highest BCUT2D eigenvalue weighted by Gasteiger charge is 2.42. The summed E-state index contributed by atoms with van der Waals surface area (Å²) in [5, 5.41) is 2.70. The number of alkyl carbamates (subject to hydrolysis) is 1. The van der Waals surface area contributed by atoms with Crippen LogP contribution in [0.2, 0.25) is 0 Å². The van der Waals surface area contributed by atoms with Gasteiger partial charge in [0.2, 0.25) is 0 Å². The van der Waals surface area contributed by atoms with E-state index in [1.165, 1.54) is 30.3 Å². The molecular weight excluding hydrogens is 428 g/mol. The number of rotatable bonds is 6. The molecule has 2 fully saturated rings. The van der Waals surface area contributed by atoms with Crippen LogP contribution in [0.25, 0.3) is 0 Å². The van der Waals surface area contributed by atoms with Crippen molar-refractivity contribution in [2.45, 2.75) is 37.1 Å². The molecule has 1 N–H and O–H groups in total. The van der Waals surface area contributed by atoms with Gasteiger partial charge in [-0.3, -0.25) is 0 Å². The second-order valence-electron chi connectivity index (χ2n) is 8.24. The lowest BCUT2D eigenvalue weighted by molar-refractivity contribution is -0.137. The van der Waals surface area contributed by atoms with Gasteiger partial charge in [-0.15, -0.1) is 0 Å². The molecule has 1 spiro atoms. The van der Waals surface area contributed by atoms with E-state index in [0.717, 1.165) is 12.1 Å². The Morgan fingerprint density at radius 3 is 2.47 bits per heavy atom. The summed E-state index contributed by atoms with van der Waals surface area (Å²) < 4.78 is 64.3. The van der Waals surface area contributed by atoms with Crippen LogP contribution in [-0.4, -0.2) is 42.8 Å².